The summed E-state index contributed by atoms with van der Waals surface area (Å²) in [5.41, 5.74) is 1.17. The van der Waals surface area contributed by atoms with E-state index in [2.05, 4.69) is 5.32 Å². The molecule has 0 aliphatic rings. The summed E-state index contributed by atoms with van der Waals surface area (Å²) in [4.78, 5) is 10.3. The lowest BCUT2D eigenvalue weighted by atomic mass is 10.1. The molecule has 4 nitrogen and oxygen atoms in total. The molecule has 2 N–H and O–H groups in total. The van der Waals surface area contributed by atoms with Gasteiger partial charge in [0.05, 0.1) is 12.6 Å². The molecule has 0 unspecified atom stereocenters. The largest absolute Gasteiger partial charge is 0.491 e. The summed E-state index contributed by atoms with van der Waals surface area (Å²) in [5, 5.41) is 11.3. The molecule has 1 rings (SSSR count). The molecule has 1 aromatic rings. The third kappa shape index (κ3) is 5.92. The van der Waals surface area contributed by atoms with Gasteiger partial charge in [0, 0.05) is 0 Å². The van der Waals surface area contributed by atoms with Crippen molar-refractivity contribution < 1.29 is 14.6 Å². The molecular weight excluding hydrogens is 218 g/mol. The summed E-state index contributed by atoms with van der Waals surface area (Å²) in [5.74, 6) is 0.0351. The SMILES string of the molecule is CC(C)Oc1ccc(CCNCC(=O)O)cc1. The first-order valence-corrected chi connectivity index (χ1v) is 5.76. The third-order valence-corrected chi connectivity index (χ3v) is 2.16. The van der Waals surface area contributed by atoms with Gasteiger partial charge in [-0.25, -0.2) is 0 Å². The van der Waals surface area contributed by atoms with Crippen LogP contribution in [0.4, 0.5) is 0 Å². The van der Waals surface area contributed by atoms with Crippen molar-refractivity contribution in [1.29, 1.82) is 0 Å². The predicted molar refractivity (Wildman–Crippen MR) is 66.4 cm³/mol. The van der Waals surface area contributed by atoms with Crippen molar-refractivity contribution in [2.75, 3.05) is 13.1 Å². The van der Waals surface area contributed by atoms with Crippen LogP contribution in [-0.4, -0.2) is 30.3 Å². The Balaban J connectivity index is 2.32. The Morgan fingerprint density at radius 1 is 1.35 bits per heavy atom. The van der Waals surface area contributed by atoms with E-state index in [1.54, 1.807) is 0 Å². The van der Waals surface area contributed by atoms with Gasteiger partial charge in [-0.15, -0.1) is 0 Å². The molecule has 1 aromatic carbocycles. The van der Waals surface area contributed by atoms with Gasteiger partial charge in [0.15, 0.2) is 0 Å². The molecular formula is C13H19NO3. The molecule has 0 spiro atoms. The fourth-order valence-corrected chi connectivity index (χ4v) is 1.43. The topological polar surface area (TPSA) is 58.6 Å². The van der Waals surface area contributed by atoms with E-state index in [1.807, 2.05) is 38.1 Å². The lowest BCUT2D eigenvalue weighted by Crippen LogP contribution is -2.24. The molecule has 0 aliphatic carbocycles. The number of carboxylic acid groups (broad SMARTS) is 1. The zero-order chi connectivity index (χ0) is 12.7. The van der Waals surface area contributed by atoms with Crippen LogP contribution >= 0.6 is 0 Å². The molecule has 0 fully saturated rings. The zero-order valence-electron chi connectivity index (χ0n) is 10.3. The van der Waals surface area contributed by atoms with Gasteiger partial charge in [0.2, 0.25) is 0 Å². The quantitative estimate of drug-likeness (QED) is 0.708. The first-order valence-electron chi connectivity index (χ1n) is 5.76. The minimum Gasteiger partial charge on any atom is -0.491 e. The van der Waals surface area contributed by atoms with Crippen LogP contribution in [0.15, 0.2) is 24.3 Å². The molecule has 4 heteroatoms. The molecule has 0 amide bonds. The maximum Gasteiger partial charge on any atom is 0.317 e. The fourth-order valence-electron chi connectivity index (χ4n) is 1.43. The summed E-state index contributed by atoms with van der Waals surface area (Å²) in [6, 6.07) is 7.87. The Labute approximate surface area is 102 Å². The number of rotatable bonds is 7. The van der Waals surface area contributed by atoms with Crippen LogP contribution in [0.1, 0.15) is 19.4 Å². The van der Waals surface area contributed by atoms with Gasteiger partial charge in [-0.1, -0.05) is 12.1 Å². The number of carbonyl (C=O) groups is 1. The van der Waals surface area contributed by atoms with E-state index in [9.17, 15) is 4.79 Å². The Kier molecular flexibility index (Phi) is 5.49. The maximum atomic E-state index is 10.3. The van der Waals surface area contributed by atoms with Crippen molar-refractivity contribution in [2.45, 2.75) is 26.4 Å². The van der Waals surface area contributed by atoms with Crippen LogP contribution < -0.4 is 10.1 Å². The van der Waals surface area contributed by atoms with Crippen LogP contribution in [0.25, 0.3) is 0 Å². The normalized spacial score (nSPS) is 10.5. The number of aliphatic carboxylic acids is 1. The van der Waals surface area contributed by atoms with Crippen LogP contribution in [0.3, 0.4) is 0 Å². The van der Waals surface area contributed by atoms with Crippen molar-refractivity contribution >= 4 is 5.97 Å². The molecule has 94 valence electrons. The molecule has 0 heterocycles. The molecule has 0 atom stereocenters. The van der Waals surface area contributed by atoms with Gasteiger partial charge in [0.1, 0.15) is 5.75 Å². The number of hydrogen-bond acceptors (Lipinski definition) is 3. The van der Waals surface area contributed by atoms with Crippen molar-refractivity contribution in [3.63, 3.8) is 0 Å². The highest BCUT2D eigenvalue weighted by molar-refractivity contribution is 5.68. The van der Waals surface area contributed by atoms with Gasteiger partial charge >= 0.3 is 5.97 Å². The van der Waals surface area contributed by atoms with Gasteiger partial charge < -0.3 is 15.2 Å². The van der Waals surface area contributed by atoms with Crippen LogP contribution in [0.2, 0.25) is 0 Å². The van der Waals surface area contributed by atoms with Crippen molar-refractivity contribution in [3.05, 3.63) is 29.8 Å². The standard InChI is InChI=1S/C13H19NO3/c1-10(2)17-12-5-3-11(4-6-12)7-8-14-9-13(15)16/h3-6,10,14H,7-9H2,1-2H3,(H,15,16). The molecule has 0 bridgehead atoms. The van der Waals surface area contributed by atoms with Gasteiger partial charge in [-0.05, 0) is 44.5 Å². The number of nitrogens with one attached hydrogen (secondary N) is 1. The maximum absolute atomic E-state index is 10.3. The summed E-state index contributed by atoms with van der Waals surface area (Å²) in [7, 11) is 0. The Bertz CT molecular complexity index is 346. The van der Waals surface area contributed by atoms with Gasteiger partial charge in [-0.2, -0.15) is 0 Å². The van der Waals surface area contributed by atoms with Crippen molar-refractivity contribution in [1.82, 2.24) is 5.32 Å². The minimum absolute atomic E-state index is 0.00848. The van der Waals surface area contributed by atoms with E-state index in [0.717, 1.165) is 12.2 Å². The van der Waals surface area contributed by atoms with Crippen molar-refractivity contribution in [3.8, 4) is 5.75 Å². The van der Waals surface area contributed by atoms with E-state index in [1.165, 1.54) is 5.56 Å². The zero-order valence-corrected chi connectivity index (χ0v) is 10.3. The first-order chi connectivity index (χ1) is 8.08. The van der Waals surface area contributed by atoms with E-state index in [0.29, 0.717) is 6.54 Å². The number of hydrogen-bond donors (Lipinski definition) is 2. The molecule has 0 aliphatic heterocycles. The summed E-state index contributed by atoms with van der Waals surface area (Å²) in [6.45, 7) is 4.65. The Morgan fingerprint density at radius 2 is 2.00 bits per heavy atom. The van der Waals surface area contributed by atoms with Crippen molar-refractivity contribution in [2.24, 2.45) is 0 Å². The highest BCUT2D eigenvalue weighted by atomic mass is 16.5. The average molecular weight is 237 g/mol. The predicted octanol–water partition coefficient (Wildman–Crippen LogP) is 1.69. The van der Waals surface area contributed by atoms with Crippen LogP contribution in [0, 0.1) is 0 Å². The lowest BCUT2D eigenvalue weighted by Gasteiger charge is -2.10. The first kappa shape index (κ1) is 13.5. The third-order valence-electron chi connectivity index (χ3n) is 2.16. The average Bonchev–Trinajstić information content (AvgIpc) is 2.25. The highest BCUT2D eigenvalue weighted by Crippen LogP contribution is 2.13. The Hall–Kier alpha value is -1.55. The Morgan fingerprint density at radius 3 is 2.53 bits per heavy atom. The second-order valence-electron chi connectivity index (χ2n) is 4.13. The monoisotopic (exact) mass is 237 g/mol. The lowest BCUT2D eigenvalue weighted by molar-refractivity contribution is -0.135. The number of carboxylic acids is 1. The molecule has 17 heavy (non-hydrogen) atoms. The summed E-state index contributed by atoms with van der Waals surface area (Å²) in [6.07, 6.45) is 0.994. The van der Waals surface area contributed by atoms with Crippen LogP contribution in [0.5, 0.6) is 5.75 Å². The molecule has 0 saturated carbocycles. The number of ether oxygens (including phenoxy) is 1. The van der Waals surface area contributed by atoms with Gasteiger partial charge in [-0.3, -0.25) is 4.79 Å². The van der Waals surface area contributed by atoms with E-state index < -0.39 is 5.97 Å². The van der Waals surface area contributed by atoms with E-state index >= 15 is 0 Å². The second-order valence-corrected chi connectivity index (χ2v) is 4.13. The van der Waals surface area contributed by atoms with Crippen LogP contribution in [-0.2, 0) is 11.2 Å². The summed E-state index contributed by atoms with van der Waals surface area (Å²) < 4.78 is 5.53. The highest BCUT2D eigenvalue weighted by Gasteiger charge is 1.99. The van der Waals surface area contributed by atoms with E-state index in [-0.39, 0.29) is 12.6 Å². The van der Waals surface area contributed by atoms with Gasteiger partial charge in [0.25, 0.3) is 0 Å². The summed E-state index contributed by atoms with van der Waals surface area (Å²) >= 11 is 0. The minimum atomic E-state index is -0.828. The molecule has 0 aromatic heterocycles. The molecule has 0 radical (unpaired) electrons. The smallest absolute Gasteiger partial charge is 0.317 e. The fraction of sp³-hybridized carbons (Fsp3) is 0.462. The number of benzene rings is 1. The van der Waals surface area contributed by atoms with E-state index in [4.69, 9.17) is 9.84 Å². The second kappa shape index (κ2) is 6.91. The molecule has 0 saturated heterocycles.